The van der Waals surface area contributed by atoms with Gasteiger partial charge in [0.15, 0.2) is 0 Å². The van der Waals surface area contributed by atoms with Crippen molar-refractivity contribution in [2.24, 2.45) is 0 Å². The number of hydrogen-bond donors (Lipinski definition) is 2. The Hall–Kier alpha value is -2.70. The van der Waals surface area contributed by atoms with Crippen molar-refractivity contribution in [3.05, 3.63) is 59.7 Å². The lowest BCUT2D eigenvalue weighted by Gasteiger charge is -2.15. The van der Waals surface area contributed by atoms with Gasteiger partial charge in [-0.15, -0.1) is 0 Å². The number of halogens is 3. The van der Waals surface area contributed by atoms with Gasteiger partial charge in [0.25, 0.3) is 5.91 Å². The molecule has 0 aromatic heterocycles. The summed E-state index contributed by atoms with van der Waals surface area (Å²) in [5, 5.41) is 0. The van der Waals surface area contributed by atoms with Gasteiger partial charge in [-0.25, -0.2) is 0 Å². The Morgan fingerprint density at radius 2 is 1.82 bits per heavy atom. The summed E-state index contributed by atoms with van der Waals surface area (Å²) in [6.45, 7) is 0. The molecule has 2 rings (SSSR count). The van der Waals surface area contributed by atoms with E-state index in [0.29, 0.717) is 5.75 Å². The van der Waals surface area contributed by atoms with Gasteiger partial charge in [0.05, 0.1) is 18.4 Å². The largest absolute Gasteiger partial charge is 0.497 e. The Bertz CT molecular complexity index is 672. The second kappa shape index (κ2) is 6.38. The Balaban J connectivity index is 2.12. The molecule has 116 valence electrons. The third kappa shape index (κ3) is 3.69. The van der Waals surface area contributed by atoms with E-state index in [2.05, 4.69) is 10.9 Å². The number of benzene rings is 2. The number of hydrogen-bond acceptors (Lipinski definition) is 3. The van der Waals surface area contributed by atoms with Gasteiger partial charge in [-0.05, 0) is 30.3 Å². The molecule has 0 saturated carbocycles. The van der Waals surface area contributed by atoms with Gasteiger partial charge in [0.1, 0.15) is 5.75 Å². The number of hydrazine groups is 1. The lowest BCUT2D eigenvalue weighted by Crippen LogP contribution is -2.30. The van der Waals surface area contributed by atoms with Crippen molar-refractivity contribution in [3.8, 4) is 5.75 Å². The molecule has 2 aromatic rings. The number of nitrogens with one attached hydrogen (secondary N) is 2. The first-order valence-corrected chi connectivity index (χ1v) is 6.28. The van der Waals surface area contributed by atoms with Gasteiger partial charge in [-0.2, -0.15) is 13.2 Å². The van der Waals surface area contributed by atoms with E-state index in [9.17, 15) is 18.0 Å². The number of alkyl halides is 3. The van der Waals surface area contributed by atoms with Crippen molar-refractivity contribution in [2.75, 3.05) is 12.5 Å². The van der Waals surface area contributed by atoms with Crippen LogP contribution in [0.4, 0.5) is 18.9 Å². The van der Waals surface area contributed by atoms with Crippen LogP contribution in [0, 0.1) is 0 Å². The van der Waals surface area contributed by atoms with Crippen LogP contribution in [0.15, 0.2) is 48.5 Å². The fourth-order valence-corrected chi connectivity index (χ4v) is 1.80. The lowest BCUT2D eigenvalue weighted by atomic mass is 10.2. The molecule has 0 aliphatic rings. The fraction of sp³-hybridized carbons (Fsp3) is 0.133. The molecule has 0 radical (unpaired) electrons. The summed E-state index contributed by atoms with van der Waals surface area (Å²) in [5.74, 6) is -0.0979. The number of rotatable bonds is 4. The van der Waals surface area contributed by atoms with Gasteiger partial charge in [0.2, 0.25) is 0 Å². The van der Waals surface area contributed by atoms with E-state index < -0.39 is 17.6 Å². The maximum atomic E-state index is 12.8. The average molecular weight is 310 g/mol. The zero-order valence-corrected chi connectivity index (χ0v) is 11.6. The van der Waals surface area contributed by atoms with Crippen LogP contribution >= 0.6 is 0 Å². The molecule has 22 heavy (non-hydrogen) atoms. The molecule has 0 heterocycles. The summed E-state index contributed by atoms with van der Waals surface area (Å²) in [7, 11) is 1.45. The number of methoxy groups -OCH3 is 1. The number of carbonyl (C=O) groups excluding carboxylic acids is 1. The number of ether oxygens (including phenoxy) is 1. The Labute approximate surface area is 124 Å². The minimum absolute atomic E-state index is 0.230. The minimum atomic E-state index is -4.51. The first-order chi connectivity index (χ1) is 10.4. The van der Waals surface area contributed by atoms with Crippen LogP contribution in [0.5, 0.6) is 5.75 Å². The minimum Gasteiger partial charge on any atom is -0.497 e. The second-order valence-corrected chi connectivity index (χ2v) is 4.35. The molecule has 0 aliphatic heterocycles. The van der Waals surface area contributed by atoms with Crippen LogP contribution in [-0.2, 0) is 6.18 Å². The molecule has 1 amide bonds. The predicted molar refractivity (Wildman–Crippen MR) is 75.5 cm³/mol. The molecule has 2 aromatic carbocycles. The Morgan fingerprint density at radius 3 is 2.50 bits per heavy atom. The topological polar surface area (TPSA) is 50.4 Å². The van der Waals surface area contributed by atoms with Crippen LogP contribution in [0.3, 0.4) is 0 Å². The molecule has 4 nitrogen and oxygen atoms in total. The summed E-state index contributed by atoms with van der Waals surface area (Å²) in [4.78, 5) is 11.9. The van der Waals surface area contributed by atoms with Crippen molar-refractivity contribution >= 4 is 11.6 Å². The summed E-state index contributed by atoms with van der Waals surface area (Å²) in [6.07, 6.45) is -4.51. The van der Waals surface area contributed by atoms with Gasteiger partial charge in [0, 0.05) is 5.56 Å². The summed E-state index contributed by atoms with van der Waals surface area (Å²) in [5.41, 5.74) is 3.70. The molecule has 0 aliphatic carbocycles. The molecule has 7 heteroatoms. The van der Waals surface area contributed by atoms with Crippen LogP contribution in [-0.4, -0.2) is 13.0 Å². The summed E-state index contributed by atoms with van der Waals surface area (Å²) in [6, 6.07) is 11.1. The number of para-hydroxylation sites is 1. The molecule has 0 spiro atoms. The van der Waals surface area contributed by atoms with Crippen LogP contribution in [0.25, 0.3) is 0 Å². The third-order valence-corrected chi connectivity index (χ3v) is 2.88. The standard InChI is InChI=1S/C15H13F3N2O2/c1-22-11-6-4-5-10(9-11)14(21)20-19-13-8-3-2-7-12(13)15(16,17)18/h2-9,19H,1H3,(H,20,21). The maximum Gasteiger partial charge on any atom is 0.418 e. The van der Waals surface area contributed by atoms with Crippen molar-refractivity contribution in [3.63, 3.8) is 0 Å². The molecule has 0 atom stereocenters. The van der Waals surface area contributed by atoms with E-state index in [0.717, 1.165) is 6.07 Å². The molecule has 0 fully saturated rings. The normalized spacial score (nSPS) is 10.9. The van der Waals surface area contributed by atoms with E-state index >= 15 is 0 Å². The van der Waals surface area contributed by atoms with Crippen LogP contribution in [0.1, 0.15) is 15.9 Å². The Morgan fingerprint density at radius 1 is 1.09 bits per heavy atom. The summed E-state index contributed by atoms with van der Waals surface area (Å²) < 4.78 is 43.5. The molecule has 0 unspecified atom stereocenters. The van der Waals surface area contributed by atoms with Gasteiger partial charge in [-0.1, -0.05) is 18.2 Å². The van der Waals surface area contributed by atoms with E-state index in [1.807, 2.05) is 0 Å². The highest BCUT2D eigenvalue weighted by atomic mass is 19.4. The van der Waals surface area contributed by atoms with E-state index in [1.54, 1.807) is 12.1 Å². The average Bonchev–Trinajstić information content (AvgIpc) is 2.52. The molecule has 0 bridgehead atoms. The quantitative estimate of drug-likeness (QED) is 0.850. The first kappa shape index (κ1) is 15.7. The first-order valence-electron chi connectivity index (χ1n) is 6.28. The van der Waals surface area contributed by atoms with Gasteiger partial charge in [-0.3, -0.25) is 15.6 Å². The van der Waals surface area contributed by atoms with Crippen molar-refractivity contribution in [1.29, 1.82) is 0 Å². The van der Waals surface area contributed by atoms with Crippen molar-refractivity contribution < 1.29 is 22.7 Å². The number of amides is 1. The predicted octanol–water partition coefficient (Wildman–Crippen LogP) is 3.47. The zero-order valence-electron chi connectivity index (χ0n) is 11.6. The van der Waals surface area contributed by atoms with Crippen molar-refractivity contribution in [1.82, 2.24) is 5.43 Å². The van der Waals surface area contributed by atoms with E-state index in [4.69, 9.17) is 4.74 Å². The second-order valence-electron chi connectivity index (χ2n) is 4.35. The summed E-state index contributed by atoms with van der Waals surface area (Å²) >= 11 is 0. The Kier molecular flexibility index (Phi) is 4.55. The van der Waals surface area contributed by atoms with Gasteiger partial charge < -0.3 is 4.74 Å². The van der Waals surface area contributed by atoms with E-state index in [-0.39, 0.29) is 11.3 Å². The highest BCUT2D eigenvalue weighted by molar-refractivity contribution is 5.95. The number of carbonyl (C=O) groups is 1. The van der Waals surface area contributed by atoms with Crippen molar-refractivity contribution in [2.45, 2.75) is 6.18 Å². The SMILES string of the molecule is COc1cccc(C(=O)NNc2ccccc2C(F)(F)F)c1. The van der Waals surface area contributed by atoms with Crippen LogP contribution < -0.4 is 15.6 Å². The monoisotopic (exact) mass is 310 g/mol. The zero-order chi connectivity index (χ0) is 16.2. The smallest absolute Gasteiger partial charge is 0.418 e. The molecule has 2 N–H and O–H groups in total. The molecule has 0 saturated heterocycles. The molecular formula is C15H13F3N2O2. The number of anilines is 1. The fourth-order valence-electron chi connectivity index (χ4n) is 1.80. The molecular weight excluding hydrogens is 297 g/mol. The lowest BCUT2D eigenvalue weighted by molar-refractivity contribution is -0.137. The third-order valence-electron chi connectivity index (χ3n) is 2.88. The van der Waals surface area contributed by atoms with E-state index in [1.165, 1.54) is 37.4 Å². The highest BCUT2D eigenvalue weighted by Crippen LogP contribution is 2.34. The maximum absolute atomic E-state index is 12.8. The highest BCUT2D eigenvalue weighted by Gasteiger charge is 2.33. The van der Waals surface area contributed by atoms with Crippen LogP contribution in [0.2, 0.25) is 0 Å². The van der Waals surface area contributed by atoms with Gasteiger partial charge >= 0.3 is 6.18 Å².